The van der Waals surface area contributed by atoms with Gasteiger partial charge in [0.15, 0.2) is 0 Å². The lowest BCUT2D eigenvalue weighted by molar-refractivity contribution is -0.257. The molecule has 3 aliphatic rings. The van der Waals surface area contributed by atoms with Crippen molar-refractivity contribution in [3.8, 4) is 0 Å². The van der Waals surface area contributed by atoms with Gasteiger partial charge in [-0.25, -0.2) is 0 Å². The highest BCUT2D eigenvalue weighted by Crippen LogP contribution is 2.67. The monoisotopic (exact) mass is 504 g/mol. The topological polar surface area (TPSA) is 108 Å². The lowest BCUT2D eigenvalue weighted by atomic mass is 9.45. The van der Waals surface area contributed by atoms with Gasteiger partial charge in [0.05, 0.1) is 6.10 Å². The Balaban J connectivity index is 2.22. The van der Waals surface area contributed by atoms with Crippen molar-refractivity contribution in [2.75, 3.05) is 0 Å². The number of ether oxygens (including phenoxy) is 4. The van der Waals surface area contributed by atoms with Crippen LogP contribution in [0.3, 0.4) is 0 Å². The fourth-order valence-corrected chi connectivity index (χ4v) is 6.48. The first-order chi connectivity index (χ1) is 16.9. The Kier molecular flexibility index (Phi) is 8.51. The van der Waals surface area contributed by atoms with Gasteiger partial charge in [0, 0.05) is 25.8 Å². The van der Waals surface area contributed by atoms with Gasteiger partial charge in [0.25, 0.3) is 0 Å². The zero-order valence-electron chi connectivity index (χ0n) is 22.1. The third-order valence-electron chi connectivity index (χ3n) is 8.39. The first-order valence-electron chi connectivity index (χ1n) is 12.8. The maximum absolute atomic E-state index is 12.8. The van der Waals surface area contributed by atoms with Gasteiger partial charge in [-0.15, -0.1) is 0 Å². The summed E-state index contributed by atoms with van der Waals surface area (Å²) >= 11 is 0. The van der Waals surface area contributed by atoms with Crippen LogP contribution in [0.25, 0.3) is 0 Å². The predicted octanol–water partition coefficient (Wildman–Crippen LogP) is 4.37. The molecule has 1 spiro atoms. The summed E-state index contributed by atoms with van der Waals surface area (Å²) in [5.74, 6) is -1.73. The number of hydrogen-bond acceptors (Lipinski definition) is 8. The summed E-state index contributed by atoms with van der Waals surface area (Å²) in [4.78, 5) is 37.0. The van der Waals surface area contributed by atoms with E-state index < -0.39 is 42.1 Å². The molecule has 8 unspecified atom stereocenters. The molecule has 2 fully saturated rings. The third-order valence-corrected chi connectivity index (χ3v) is 8.39. The van der Waals surface area contributed by atoms with E-state index in [-0.39, 0.29) is 29.6 Å². The Hall–Kier alpha value is -2.45. The van der Waals surface area contributed by atoms with E-state index in [1.807, 2.05) is 6.92 Å². The van der Waals surface area contributed by atoms with Crippen LogP contribution in [0.5, 0.6) is 0 Å². The van der Waals surface area contributed by atoms with Crippen LogP contribution in [-0.2, 0) is 33.3 Å². The van der Waals surface area contributed by atoms with Crippen molar-refractivity contribution in [1.29, 1.82) is 0 Å². The highest BCUT2D eigenvalue weighted by Gasteiger charge is 2.72. The van der Waals surface area contributed by atoms with E-state index in [9.17, 15) is 19.5 Å². The molecule has 200 valence electrons. The van der Waals surface area contributed by atoms with Crippen molar-refractivity contribution in [1.82, 2.24) is 0 Å². The third kappa shape index (κ3) is 5.02. The molecule has 1 saturated heterocycles. The maximum atomic E-state index is 12.8. The van der Waals surface area contributed by atoms with Gasteiger partial charge in [-0.05, 0) is 55.4 Å². The van der Waals surface area contributed by atoms with Crippen molar-refractivity contribution < 1.29 is 38.4 Å². The van der Waals surface area contributed by atoms with Crippen molar-refractivity contribution in [3.05, 3.63) is 36.5 Å². The van der Waals surface area contributed by atoms with Gasteiger partial charge in [-0.3, -0.25) is 19.1 Å². The van der Waals surface area contributed by atoms with Crippen LogP contribution in [0.4, 0.5) is 0 Å². The average Bonchev–Trinajstić information content (AvgIpc) is 3.07. The minimum atomic E-state index is -1.17. The van der Waals surface area contributed by atoms with Crippen molar-refractivity contribution in [2.24, 2.45) is 22.7 Å². The summed E-state index contributed by atoms with van der Waals surface area (Å²) in [6.45, 7) is 16.6. The predicted molar refractivity (Wildman–Crippen MR) is 132 cm³/mol. The minimum Gasteiger partial charge on any atom is -0.461 e. The highest BCUT2D eigenvalue weighted by molar-refractivity contribution is 5.70. The molecule has 36 heavy (non-hydrogen) atoms. The lowest BCUT2D eigenvalue weighted by Gasteiger charge is -2.60. The molecule has 1 N–H and O–H groups in total. The summed E-state index contributed by atoms with van der Waals surface area (Å²) in [7, 11) is 0. The van der Waals surface area contributed by atoms with E-state index in [0.717, 1.165) is 12.0 Å². The molecular formula is C28H40O8. The van der Waals surface area contributed by atoms with Crippen LogP contribution in [0, 0.1) is 22.7 Å². The number of aliphatic hydroxyl groups excluding tert-OH is 1. The van der Waals surface area contributed by atoms with Crippen LogP contribution < -0.4 is 0 Å². The number of esters is 3. The van der Waals surface area contributed by atoms with Crippen LogP contribution in [0.2, 0.25) is 0 Å². The number of carbonyl (C=O) groups is 3. The number of hydrogen-bond donors (Lipinski definition) is 1. The smallest absolute Gasteiger partial charge is 0.306 e. The molecule has 0 bridgehead atoms. The lowest BCUT2D eigenvalue weighted by Crippen LogP contribution is -2.63. The van der Waals surface area contributed by atoms with Crippen LogP contribution in [0.15, 0.2) is 36.5 Å². The van der Waals surface area contributed by atoms with Crippen molar-refractivity contribution in [2.45, 2.75) is 97.9 Å². The summed E-state index contributed by atoms with van der Waals surface area (Å²) in [6.07, 6.45) is 2.63. The zero-order chi connectivity index (χ0) is 26.8. The molecule has 0 radical (unpaired) electrons. The Labute approximate surface area is 213 Å². The van der Waals surface area contributed by atoms with E-state index >= 15 is 0 Å². The molecule has 3 rings (SSSR count). The minimum absolute atomic E-state index is 0.0856. The van der Waals surface area contributed by atoms with Crippen molar-refractivity contribution >= 4 is 17.9 Å². The molecule has 0 aromatic carbocycles. The second-order valence-electron chi connectivity index (χ2n) is 10.7. The molecule has 1 saturated carbocycles. The van der Waals surface area contributed by atoms with E-state index in [4.69, 9.17) is 18.9 Å². The molecule has 1 heterocycles. The molecule has 8 atom stereocenters. The summed E-state index contributed by atoms with van der Waals surface area (Å²) in [5, 5.41) is 11.0. The fraction of sp³-hybridized carbons (Fsp3) is 0.679. The van der Waals surface area contributed by atoms with Crippen LogP contribution >= 0.6 is 0 Å². The number of aliphatic hydroxyl groups is 1. The average molecular weight is 505 g/mol. The molecule has 1 aliphatic heterocycles. The molecule has 0 aromatic rings. The normalized spacial score (nSPS) is 37.1. The van der Waals surface area contributed by atoms with E-state index in [1.165, 1.54) is 13.8 Å². The van der Waals surface area contributed by atoms with Gasteiger partial charge >= 0.3 is 17.9 Å². The SMILES string of the molecule is C=CC(=C)CCC1(C)C(C)CC(OC(=O)CCC)C23C(=CC(O)CC12)C(OC(C)=O)OC3OC(C)=O. The Morgan fingerprint density at radius 1 is 1.17 bits per heavy atom. The van der Waals surface area contributed by atoms with E-state index in [2.05, 4.69) is 27.0 Å². The number of allylic oxidation sites excluding steroid dienone is 2. The molecule has 8 heteroatoms. The number of rotatable bonds is 9. The van der Waals surface area contributed by atoms with Gasteiger partial charge in [-0.2, -0.15) is 0 Å². The standard InChI is InChI=1S/C28H40O8/c1-8-10-24(32)35-23-13-17(4)27(7,12-11-16(3)9-2)22-15-20(31)14-21-25(33-18(5)29)36-26(28(21,22)23)34-19(6)30/h9,14,17,20,22-23,25-26,31H,2-3,8,10-13,15H2,1,4-7H3. The van der Waals surface area contributed by atoms with Crippen LogP contribution in [-0.4, -0.2) is 47.8 Å². The van der Waals surface area contributed by atoms with Crippen molar-refractivity contribution in [3.63, 3.8) is 0 Å². The van der Waals surface area contributed by atoms with Gasteiger partial charge in [0.2, 0.25) is 12.6 Å². The summed E-state index contributed by atoms with van der Waals surface area (Å²) in [5.41, 5.74) is -0.112. The van der Waals surface area contributed by atoms with E-state index in [1.54, 1.807) is 12.2 Å². The zero-order valence-corrected chi connectivity index (χ0v) is 22.1. The molecule has 0 aromatic heterocycles. The second kappa shape index (κ2) is 10.9. The first-order valence-corrected chi connectivity index (χ1v) is 12.8. The Morgan fingerprint density at radius 3 is 2.42 bits per heavy atom. The second-order valence-corrected chi connectivity index (χ2v) is 10.7. The highest BCUT2D eigenvalue weighted by atomic mass is 16.8. The largest absolute Gasteiger partial charge is 0.461 e. The quantitative estimate of drug-likeness (QED) is 0.213. The summed E-state index contributed by atoms with van der Waals surface area (Å²) < 4.78 is 23.4. The fourth-order valence-electron chi connectivity index (χ4n) is 6.48. The van der Waals surface area contributed by atoms with E-state index in [0.29, 0.717) is 31.3 Å². The Morgan fingerprint density at radius 2 is 1.83 bits per heavy atom. The Bertz CT molecular complexity index is 938. The first kappa shape index (κ1) is 28.1. The molecule has 2 aliphatic carbocycles. The van der Waals surface area contributed by atoms with Crippen LogP contribution in [0.1, 0.15) is 73.1 Å². The maximum Gasteiger partial charge on any atom is 0.306 e. The van der Waals surface area contributed by atoms with Gasteiger partial charge in [0.1, 0.15) is 11.5 Å². The van der Waals surface area contributed by atoms with Gasteiger partial charge in [-0.1, -0.05) is 45.6 Å². The van der Waals surface area contributed by atoms with Gasteiger partial charge < -0.3 is 19.3 Å². The summed E-state index contributed by atoms with van der Waals surface area (Å²) in [6, 6.07) is 0. The number of carbonyl (C=O) groups excluding carboxylic acids is 3. The molecule has 0 amide bonds. The molecule has 8 nitrogen and oxygen atoms in total. The molecular weight excluding hydrogens is 464 g/mol.